The Morgan fingerprint density at radius 1 is 1.00 bits per heavy atom. The number of benzene rings is 2. The second-order valence-electron chi connectivity index (χ2n) is 4.81. The van der Waals surface area contributed by atoms with Crippen molar-refractivity contribution >= 4 is 23.1 Å². The van der Waals surface area contributed by atoms with Crippen LogP contribution in [0.4, 0.5) is 0 Å². The molecule has 0 amide bonds. The Morgan fingerprint density at radius 3 is 2.58 bits per heavy atom. The summed E-state index contributed by atoms with van der Waals surface area (Å²) in [5, 5.41) is 1.01. The number of rotatable bonds is 1. The van der Waals surface area contributed by atoms with E-state index in [4.69, 9.17) is 12.2 Å². The molecule has 1 heterocycles. The third kappa shape index (κ3) is 2.29. The van der Waals surface area contributed by atoms with Gasteiger partial charge < -0.3 is 4.98 Å². The van der Waals surface area contributed by atoms with Gasteiger partial charge in [-0.2, -0.15) is 0 Å². The summed E-state index contributed by atoms with van der Waals surface area (Å²) in [6, 6.07) is 14.5. The highest BCUT2D eigenvalue weighted by atomic mass is 32.1. The van der Waals surface area contributed by atoms with Crippen LogP contribution in [0.15, 0.2) is 42.5 Å². The molecule has 0 spiro atoms. The lowest BCUT2D eigenvalue weighted by molar-refractivity contribution is 1.20. The third-order valence-electron chi connectivity index (χ3n) is 3.16. The maximum absolute atomic E-state index is 5.40. The minimum Gasteiger partial charge on any atom is -0.339 e. The fourth-order valence-corrected chi connectivity index (χ4v) is 2.45. The lowest BCUT2D eigenvalue weighted by atomic mass is 10.1. The molecule has 2 aromatic carbocycles. The monoisotopic (exact) mass is 266 g/mol. The number of aryl methyl sites for hydroxylation is 2. The van der Waals surface area contributed by atoms with Gasteiger partial charge in [0, 0.05) is 16.5 Å². The molecule has 0 aliphatic rings. The van der Waals surface area contributed by atoms with Gasteiger partial charge in [0.2, 0.25) is 0 Å². The fourth-order valence-electron chi connectivity index (χ4n) is 2.19. The number of hydrogen-bond donors (Lipinski definition) is 1. The zero-order valence-corrected chi connectivity index (χ0v) is 11.7. The molecule has 94 valence electrons. The molecule has 0 saturated carbocycles. The molecule has 0 saturated heterocycles. The van der Waals surface area contributed by atoms with Crippen LogP contribution in [0.1, 0.15) is 11.1 Å². The molecule has 3 heteroatoms. The van der Waals surface area contributed by atoms with E-state index in [9.17, 15) is 0 Å². The number of hydrogen-bond acceptors (Lipinski definition) is 2. The Labute approximate surface area is 117 Å². The van der Waals surface area contributed by atoms with Crippen molar-refractivity contribution in [1.82, 2.24) is 9.97 Å². The van der Waals surface area contributed by atoms with Crippen LogP contribution in [-0.2, 0) is 0 Å². The Bertz CT molecular complexity index is 818. The minimum absolute atomic E-state index is 0.647. The molecule has 0 fully saturated rings. The molecule has 1 N–H and O–H groups in total. The summed E-state index contributed by atoms with van der Waals surface area (Å²) in [5.41, 5.74) is 4.50. The largest absolute Gasteiger partial charge is 0.339 e. The molecule has 0 atom stereocenters. The molecule has 3 rings (SSSR count). The van der Waals surface area contributed by atoms with Crippen molar-refractivity contribution in [2.45, 2.75) is 13.8 Å². The molecule has 19 heavy (non-hydrogen) atoms. The topological polar surface area (TPSA) is 28.7 Å². The second kappa shape index (κ2) is 4.59. The van der Waals surface area contributed by atoms with E-state index in [1.165, 1.54) is 11.1 Å². The second-order valence-corrected chi connectivity index (χ2v) is 5.20. The first-order valence-corrected chi connectivity index (χ1v) is 6.62. The number of aromatic amines is 1. The standard InChI is InChI=1S/C16H14N2S/c1-10-4-3-5-12(8-10)15-17-14-7-6-11(2)9-13(14)16(19)18-15/h3-9H,1-2H3,(H,17,18,19). The van der Waals surface area contributed by atoms with Gasteiger partial charge in [0.15, 0.2) is 0 Å². The van der Waals surface area contributed by atoms with Crippen molar-refractivity contribution in [2.75, 3.05) is 0 Å². The van der Waals surface area contributed by atoms with Gasteiger partial charge in [-0.1, -0.05) is 47.6 Å². The van der Waals surface area contributed by atoms with Gasteiger partial charge in [-0.3, -0.25) is 0 Å². The average Bonchev–Trinajstić information content (AvgIpc) is 2.39. The molecule has 0 aliphatic carbocycles. The lowest BCUT2D eigenvalue weighted by Gasteiger charge is -2.06. The molecule has 1 aromatic heterocycles. The van der Waals surface area contributed by atoms with E-state index in [1.807, 2.05) is 12.1 Å². The number of nitrogens with zero attached hydrogens (tertiary/aromatic N) is 1. The van der Waals surface area contributed by atoms with Crippen LogP contribution in [-0.4, -0.2) is 9.97 Å². The normalized spacial score (nSPS) is 10.8. The summed E-state index contributed by atoms with van der Waals surface area (Å²) in [4.78, 5) is 7.87. The zero-order valence-electron chi connectivity index (χ0n) is 10.9. The Morgan fingerprint density at radius 2 is 1.79 bits per heavy atom. The Balaban J connectivity index is 2.27. The van der Waals surface area contributed by atoms with Crippen LogP contribution in [0.2, 0.25) is 0 Å². The van der Waals surface area contributed by atoms with E-state index in [0.717, 1.165) is 22.3 Å². The summed E-state index contributed by atoms with van der Waals surface area (Å²) in [6.45, 7) is 4.13. The number of fused-ring (bicyclic) bond motifs is 1. The van der Waals surface area contributed by atoms with Gasteiger partial charge in [-0.25, -0.2) is 4.98 Å². The predicted octanol–water partition coefficient (Wildman–Crippen LogP) is 4.58. The lowest BCUT2D eigenvalue weighted by Crippen LogP contribution is -1.92. The maximum atomic E-state index is 5.40. The van der Waals surface area contributed by atoms with Crippen molar-refractivity contribution < 1.29 is 0 Å². The van der Waals surface area contributed by atoms with Crippen LogP contribution >= 0.6 is 12.2 Å². The first-order chi connectivity index (χ1) is 9.13. The molecular weight excluding hydrogens is 252 g/mol. The molecule has 3 aromatic rings. The smallest absolute Gasteiger partial charge is 0.139 e. The minimum atomic E-state index is 0.647. The first-order valence-electron chi connectivity index (χ1n) is 6.21. The molecular formula is C16H14N2S. The van der Waals surface area contributed by atoms with Crippen LogP contribution in [0.3, 0.4) is 0 Å². The van der Waals surface area contributed by atoms with Gasteiger partial charge in [0.1, 0.15) is 10.5 Å². The Hall–Kier alpha value is -2.00. The van der Waals surface area contributed by atoms with E-state index >= 15 is 0 Å². The van der Waals surface area contributed by atoms with Crippen LogP contribution < -0.4 is 0 Å². The van der Waals surface area contributed by atoms with Crippen molar-refractivity contribution in [1.29, 1.82) is 0 Å². The molecule has 0 bridgehead atoms. The van der Waals surface area contributed by atoms with E-state index < -0.39 is 0 Å². The van der Waals surface area contributed by atoms with E-state index in [1.54, 1.807) is 0 Å². The summed E-state index contributed by atoms with van der Waals surface area (Å²) >= 11 is 5.40. The van der Waals surface area contributed by atoms with Crippen LogP contribution in [0, 0.1) is 18.5 Å². The summed E-state index contributed by atoms with van der Waals surface area (Å²) in [6.07, 6.45) is 0. The van der Waals surface area contributed by atoms with Crippen LogP contribution in [0.5, 0.6) is 0 Å². The first kappa shape index (κ1) is 12.1. The number of aromatic nitrogens is 2. The van der Waals surface area contributed by atoms with Gasteiger partial charge in [-0.15, -0.1) is 0 Å². The molecule has 0 unspecified atom stereocenters. The zero-order chi connectivity index (χ0) is 13.4. The predicted molar refractivity (Wildman–Crippen MR) is 81.8 cm³/mol. The highest BCUT2D eigenvalue weighted by Gasteiger charge is 2.04. The third-order valence-corrected chi connectivity index (χ3v) is 3.47. The van der Waals surface area contributed by atoms with E-state index in [-0.39, 0.29) is 0 Å². The van der Waals surface area contributed by atoms with E-state index in [0.29, 0.717) is 4.64 Å². The van der Waals surface area contributed by atoms with Gasteiger partial charge in [0.05, 0.1) is 0 Å². The van der Waals surface area contributed by atoms with Gasteiger partial charge >= 0.3 is 0 Å². The molecule has 0 aliphatic heterocycles. The van der Waals surface area contributed by atoms with Crippen molar-refractivity contribution in [3.8, 4) is 11.4 Å². The summed E-state index contributed by atoms with van der Waals surface area (Å²) in [5.74, 6) is 0.824. The van der Waals surface area contributed by atoms with Gasteiger partial charge in [-0.05, 0) is 32.0 Å². The average molecular weight is 266 g/mol. The van der Waals surface area contributed by atoms with Crippen molar-refractivity contribution in [3.05, 3.63) is 58.2 Å². The van der Waals surface area contributed by atoms with Gasteiger partial charge in [0.25, 0.3) is 0 Å². The SMILES string of the molecule is Cc1cccc(-c2nc(=S)c3cc(C)ccc3[nH]2)c1. The summed E-state index contributed by atoms with van der Waals surface area (Å²) in [7, 11) is 0. The molecule has 0 radical (unpaired) electrons. The molecule has 2 nitrogen and oxygen atoms in total. The van der Waals surface area contributed by atoms with Crippen LogP contribution in [0.25, 0.3) is 22.3 Å². The van der Waals surface area contributed by atoms with Crippen molar-refractivity contribution in [3.63, 3.8) is 0 Å². The Kier molecular flexibility index (Phi) is 2.91. The summed E-state index contributed by atoms with van der Waals surface area (Å²) < 4.78 is 0.647. The highest BCUT2D eigenvalue weighted by Crippen LogP contribution is 2.21. The van der Waals surface area contributed by atoms with E-state index in [2.05, 4.69) is 54.1 Å². The number of H-pyrrole nitrogens is 1. The number of nitrogens with one attached hydrogen (secondary N) is 1. The quantitative estimate of drug-likeness (QED) is 0.653. The fraction of sp³-hybridized carbons (Fsp3) is 0.125. The highest BCUT2D eigenvalue weighted by molar-refractivity contribution is 7.71. The van der Waals surface area contributed by atoms with Crippen molar-refractivity contribution in [2.24, 2.45) is 0 Å². The maximum Gasteiger partial charge on any atom is 0.139 e.